The molecule has 5 heteroatoms. The molecule has 1 saturated heterocycles. The Hall–Kier alpha value is -1.07. The Labute approximate surface area is 121 Å². The number of hydrogen-bond donors (Lipinski definition) is 1. The van der Waals surface area contributed by atoms with Crippen LogP contribution in [0.5, 0.6) is 5.75 Å². The highest BCUT2D eigenvalue weighted by Gasteiger charge is 2.15. The summed E-state index contributed by atoms with van der Waals surface area (Å²) in [4.78, 5) is 13.5. The zero-order valence-corrected chi connectivity index (χ0v) is 12.4. The minimum absolute atomic E-state index is 0.204. The van der Waals surface area contributed by atoms with Crippen LogP contribution in [-0.2, 0) is 0 Å². The molecule has 0 unspecified atom stereocenters. The Morgan fingerprint density at radius 3 is 2.79 bits per heavy atom. The van der Waals surface area contributed by atoms with Crippen LogP contribution in [0.4, 0.5) is 0 Å². The molecule has 19 heavy (non-hydrogen) atoms. The van der Waals surface area contributed by atoms with Crippen molar-refractivity contribution in [1.29, 1.82) is 0 Å². The largest absolute Gasteiger partial charge is 0.491 e. The van der Waals surface area contributed by atoms with Crippen LogP contribution in [0.15, 0.2) is 22.7 Å². The third-order valence-corrected chi connectivity index (χ3v) is 3.89. The van der Waals surface area contributed by atoms with Crippen molar-refractivity contribution in [2.24, 2.45) is 0 Å². The van der Waals surface area contributed by atoms with Crippen LogP contribution in [0.1, 0.15) is 29.6 Å². The quantitative estimate of drug-likeness (QED) is 0.816. The van der Waals surface area contributed by atoms with E-state index in [0.717, 1.165) is 13.0 Å². The summed E-state index contributed by atoms with van der Waals surface area (Å²) in [6.07, 6.45) is 3.49. The van der Waals surface area contributed by atoms with E-state index >= 15 is 0 Å². The molecular weight excluding hydrogens is 310 g/mol. The fraction of sp³-hybridized carbons (Fsp3) is 0.500. The molecular formula is C14H18BrNO3. The third-order valence-electron chi connectivity index (χ3n) is 3.26. The van der Waals surface area contributed by atoms with Crippen molar-refractivity contribution in [2.75, 3.05) is 26.2 Å². The lowest BCUT2D eigenvalue weighted by Crippen LogP contribution is -2.22. The fourth-order valence-corrected chi connectivity index (χ4v) is 2.77. The smallest absolute Gasteiger partial charge is 0.339 e. The van der Waals surface area contributed by atoms with Crippen LogP contribution in [0.2, 0.25) is 0 Å². The summed E-state index contributed by atoms with van der Waals surface area (Å²) in [6, 6.07) is 5.05. The van der Waals surface area contributed by atoms with Gasteiger partial charge in [0.25, 0.3) is 0 Å². The third kappa shape index (κ3) is 3.94. The second-order valence-electron chi connectivity index (χ2n) is 4.67. The molecule has 0 atom stereocenters. The average Bonchev–Trinajstić information content (AvgIpc) is 2.88. The van der Waals surface area contributed by atoms with Crippen molar-refractivity contribution in [1.82, 2.24) is 4.90 Å². The van der Waals surface area contributed by atoms with E-state index in [1.165, 1.54) is 25.9 Å². The first-order valence-electron chi connectivity index (χ1n) is 6.55. The topological polar surface area (TPSA) is 49.8 Å². The zero-order valence-electron chi connectivity index (χ0n) is 10.8. The Kier molecular flexibility index (Phi) is 5.22. The number of rotatable bonds is 6. The molecule has 1 aliphatic heterocycles. The van der Waals surface area contributed by atoms with Crippen molar-refractivity contribution in [2.45, 2.75) is 19.3 Å². The van der Waals surface area contributed by atoms with Gasteiger partial charge in [0, 0.05) is 6.54 Å². The second kappa shape index (κ2) is 6.91. The molecule has 1 aliphatic rings. The lowest BCUT2D eigenvalue weighted by molar-refractivity contribution is 0.0692. The van der Waals surface area contributed by atoms with Gasteiger partial charge in [-0.1, -0.05) is 6.07 Å². The summed E-state index contributed by atoms with van der Waals surface area (Å²) in [5.41, 5.74) is 0.204. The number of likely N-dealkylation sites (tertiary alicyclic amines) is 1. The lowest BCUT2D eigenvalue weighted by atomic mass is 10.2. The number of hydrogen-bond acceptors (Lipinski definition) is 3. The summed E-state index contributed by atoms with van der Waals surface area (Å²) in [5.74, 6) is -0.535. The minimum Gasteiger partial charge on any atom is -0.491 e. The standard InChI is InChI=1S/C14H18BrNO3/c15-12-6-3-5-11(14(17)18)13(12)19-10-4-9-16-7-1-2-8-16/h3,5-6H,1-2,4,7-10H2,(H,17,18). The molecule has 2 rings (SSSR count). The summed E-state index contributed by atoms with van der Waals surface area (Å²) in [5, 5.41) is 9.11. The van der Waals surface area contributed by atoms with Gasteiger partial charge < -0.3 is 14.7 Å². The highest BCUT2D eigenvalue weighted by molar-refractivity contribution is 9.10. The van der Waals surface area contributed by atoms with Crippen LogP contribution in [0.3, 0.4) is 0 Å². The normalized spacial score (nSPS) is 15.6. The van der Waals surface area contributed by atoms with Crippen LogP contribution < -0.4 is 4.74 Å². The Bertz CT molecular complexity index is 444. The van der Waals surface area contributed by atoms with Crippen molar-refractivity contribution < 1.29 is 14.6 Å². The summed E-state index contributed by atoms with van der Waals surface area (Å²) in [6.45, 7) is 3.91. The molecule has 1 aromatic carbocycles. The summed E-state index contributed by atoms with van der Waals surface area (Å²) >= 11 is 3.34. The molecule has 1 fully saturated rings. The molecule has 1 N–H and O–H groups in total. The Morgan fingerprint density at radius 2 is 2.11 bits per heavy atom. The first-order valence-corrected chi connectivity index (χ1v) is 7.35. The van der Waals surface area contributed by atoms with Gasteiger partial charge in [0.2, 0.25) is 0 Å². The van der Waals surface area contributed by atoms with Gasteiger partial charge in [-0.2, -0.15) is 0 Å². The van der Waals surface area contributed by atoms with Crippen LogP contribution in [0, 0.1) is 0 Å². The second-order valence-corrected chi connectivity index (χ2v) is 5.53. The number of carbonyl (C=O) groups is 1. The van der Waals surface area contributed by atoms with Gasteiger partial charge >= 0.3 is 5.97 Å². The molecule has 1 heterocycles. The van der Waals surface area contributed by atoms with E-state index in [0.29, 0.717) is 16.8 Å². The van der Waals surface area contributed by atoms with Crippen molar-refractivity contribution >= 4 is 21.9 Å². The highest BCUT2D eigenvalue weighted by atomic mass is 79.9. The lowest BCUT2D eigenvalue weighted by Gasteiger charge is -2.15. The highest BCUT2D eigenvalue weighted by Crippen LogP contribution is 2.29. The molecule has 4 nitrogen and oxygen atoms in total. The van der Waals surface area contributed by atoms with Gasteiger partial charge in [0.15, 0.2) is 0 Å². The molecule has 104 valence electrons. The van der Waals surface area contributed by atoms with E-state index in [4.69, 9.17) is 9.84 Å². The monoisotopic (exact) mass is 327 g/mol. The number of carboxylic acids is 1. The SMILES string of the molecule is O=C(O)c1cccc(Br)c1OCCCN1CCCC1. The fourth-order valence-electron chi connectivity index (χ4n) is 2.29. The molecule has 0 amide bonds. The number of benzene rings is 1. The van der Waals surface area contributed by atoms with Gasteiger partial charge in [-0.25, -0.2) is 4.79 Å². The molecule has 1 aromatic rings. The molecule has 0 bridgehead atoms. The number of aromatic carboxylic acids is 1. The van der Waals surface area contributed by atoms with E-state index in [1.807, 2.05) is 0 Å². The van der Waals surface area contributed by atoms with Gasteiger partial charge in [-0.05, 0) is 60.4 Å². The Balaban J connectivity index is 1.86. The van der Waals surface area contributed by atoms with Crippen molar-refractivity contribution in [3.8, 4) is 5.75 Å². The van der Waals surface area contributed by atoms with Crippen LogP contribution in [0.25, 0.3) is 0 Å². The maximum absolute atomic E-state index is 11.1. The molecule has 0 aliphatic carbocycles. The molecule has 0 saturated carbocycles. The van der Waals surface area contributed by atoms with E-state index in [9.17, 15) is 4.79 Å². The zero-order chi connectivity index (χ0) is 13.7. The number of ether oxygens (including phenoxy) is 1. The molecule has 0 spiro atoms. The van der Waals surface area contributed by atoms with Crippen molar-refractivity contribution in [3.05, 3.63) is 28.2 Å². The maximum atomic E-state index is 11.1. The summed E-state index contributed by atoms with van der Waals surface area (Å²) in [7, 11) is 0. The predicted molar refractivity (Wildman–Crippen MR) is 76.9 cm³/mol. The maximum Gasteiger partial charge on any atom is 0.339 e. The van der Waals surface area contributed by atoms with Gasteiger partial charge in [0.05, 0.1) is 11.1 Å². The molecule has 0 radical (unpaired) electrons. The number of nitrogens with zero attached hydrogens (tertiary/aromatic N) is 1. The summed E-state index contributed by atoms with van der Waals surface area (Å²) < 4.78 is 6.32. The first kappa shape index (κ1) is 14.3. The first-order chi connectivity index (χ1) is 9.18. The van der Waals surface area contributed by atoms with Crippen LogP contribution >= 0.6 is 15.9 Å². The van der Waals surface area contributed by atoms with Gasteiger partial charge in [-0.3, -0.25) is 0 Å². The molecule has 0 aromatic heterocycles. The van der Waals surface area contributed by atoms with Gasteiger partial charge in [-0.15, -0.1) is 0 Å². The number of halogens is 1. The predicted octanol–water partition coefficient (Wildman–Crippen LogP) is 3.01. The van der Waals surface area contributed by atoms with E-state index in [2.05, 4.69) is 20.8 Å². The van der Waals surface area contributed by atoms with Gasteiger partial charge in [0.1, 0.15) is 11.3 Å². The van der Waals surface area contributed by atoms with Crippen molar-refractivity contribution in [3.63, 3.8) is 0 Å². The number of para-hydroxylation sites is 1. The minimum atomic E-state index is -0.962. The Morgan fingerprint density at radius 1 is 1.37 bits per heavy atom. The van der Waals surface area contributed by atoms with E-state index in [1.54, 1.807) is 18.2 Å². The number of carboxylic acid groups (broad SMARTS) is 1. The van der Waals surface area contributed by atoms with E-state index in [-0.39, 0.29) is 5.56 Å². The van der Waals surface area contributed by atoms with E-state index < -0.39 is 5.97 Å². The van der Waals surface area contributed by atoms with Crippen LogP contribution in [-0.4, -0.2) is 42.2 Å². The average molecular weight is 328 g/mol.